The standard InChI is InChI=1S/C14H12/c1-3-5-6-7-11-14-12-9-8-10-13(14)4-2/h2-3,5,8-10,12H,6H2,1H3/b5-3+. The van der Waals surface area contributed by atoms with Crippen LogP contribution in [-0.4, -0.2) is 0 Å². The van der Waals surface area contributed by atoms with Crippen LogP contribution in [0.3, 0.4) is 0 Å². The summed E-state index contributed by atoms with van der Waals surface area (Å²) in [6.45, 7) is 1.98. The summed E-state index contributed by atoms with van der Waals surface area (Å²) in [5.41, 5.74) is 1.79. The van der Waals surface area contributed by atoms with Gasteiger partial charge < -0.3 is 0 Å². The van der Waals surface area contributed by atoms with Crippen molar-refractivity contribution in [1.82, 2.24) is 0 Å². The van der Waals surface area contributed by atoms with E-state index in [4.69, 9.17) is 6.42 Å². The van der Waals surface area contributed by atoms with Gasteiger partial charge in [0.2, 0.25) is 0 Å². The predicted molar refractivity (Wildman–Crippen MR) is 60.7 cm³/mol. The molecule has 0 heteroatoms. The van der Waals surface area contributed by atoms with Crippen LogP contribution in [0.4, 0.5) is 0 Å². The molecular weight excluding hydrogens is 168 g/mol. The minimum absolute atomic E-state index is 0.773. The van der Waals surface area contributed by atoms with Gasteiger partial charge in [0.15, 0.2) is 0 Å². The Morgan fingerprint density at radius 2 is 2.00 bits per heavy atom. The van der Waals surface area contributed by atoms with Gasteiger partial charge in [-0.2, -0.15) is 0 Å². The van der Waals surface area contributed by atoms with E-state index < -0.39 is 0 Å². The van der Waals surface area contributed by atoms with Crippen molar-refractivity contribution in [2.24, 2.45) is 0 Å². The van der Waals surface area contributed by atoms with Gasteiger partial charge in [0.25, 0.3) is 0 Å². The van der Waals surface area contributed by atoms with E-state index in [9.17, 15) is 0 Å². The number of allylic oxidation sites excluding steroid dienone is 2. The fraction of sp³-hybridized carbons (Fsp3) is 0.143. The molecule has 1 aromatic carbocycles. The summed E-state index contributed by atoms with van der Waals surface area (Å²) < 4.78 is 0. The summed E-state index contributed by atoms with van der Waals surface area (Å²) in [4.78, 5) is 0. The third-order valence-corrected chi connectivity index (χ3v) is 1.76. The molecular formula is C14H12. The van der Waals surface area contributed by atoms with Gasteiger partial charge in [0, 0.05) is 17.5 Å². The fourth-order valence-corrected chi connectivity index (χ4v) is 1.04. The zero-order valence-corrected chi connectivity index (χ0v) is 8.25. The average molecular weight is 180 g/mol. The highest BCUT2D eigenvalue weighted by atomic mass is 13.9. The van der Waals surface area contributed by atoms with Gasteiger partial charge in [0.05, 0.1) is 0 Å². The van der Waals surface area contributed by atoms with Crippen molar-refractivity contribution >= 4 is 0 Å². The number of benzene rings is 1. The molecule has 0 aliphatic heterocycles. The van der Waals surface area contributed by atoms with Crippen molar-refractivity contribution < 1.29 is 0 Å². The maximum atomic E-state index is 5.35. The molecule has 0 fully saturated rings. The lowest BCUT2D eigenvalue weighted by atomic mass is 10.1. The Balaban J connectivity index is 2.84. The molecule has 0 unspecified atom stereocenters. The molecule has 0 N–H and O–H groups in total. The smallest absolute Gasteiger partial charge is 0.0401 e. The van der Waals surface area contributed by atoms with Crippen LogP contribution < -0.4 is 0 Å². The van der Waals surface area contributed by atoms with Crippen LogP contribution >= 0.6 is 0 Å². The van der Waals surface area contributed by atoms with Crippen LogP contribution in [-0.2, 0) is 0 Å². The molecule has 0 aliphatic rings. The summed E-state index contributed by atoms with van der Waals surface area (Å²) in [7, 11) is 0. The molecule has 68 valence electrons. The Kier molecular flexibility index (Phi) is 4.12. The van der Waals surface area contributed by atoms with E-state index in [1.807, 2.05) is 43.3 Å². The third kappa shape index (κ3) is 2.85. The normalized spacial score (nSPS) is 9.14. The fourth-order valence-electron chi connectivity index (χ4n) is 1.04. The van der Waals surface area contributed by atoms with Gasteiger partial charge in [-0.1, -0.05) is 42.0 Å². The van der Waals surface area contributed by atoms with Crippen molar-refractivity contribution in [3.8, 4) is 24.2 Å². The average Bonchev–Trinajstić information content (AvgIpc) is 2.25. The summed E-state index contributed by atoms with van der Waals surface area (Å²) in [5, 5.41) is 0. The summed E-state index contributed by atoms with van der Waals surface area (Å²) in [6.07, 6.45) is 10.1. The van der Waals surface area contributed by atoms with Crippen molar-refractivity contribution in [3.63, 3.8) is 0 Å². The molecule has 0 aromatic heterocycles. The molecule has 0 heterocycles. The molecule has 0 amide bonds. The quantitative estimate of drug-likeness (QED) is 0.460. The molecule has 0 radical (unpaired) electrons. The van der Waals surface area contributed by atoms with Crippen molar-refractivity contribution in [2.45, 2.75) is 13.3 Å². The number of hydrogen-bond acceptors (Lipinski definition) is 0. The second-order valence-electron chi connectivity index (χ2n) is 2.76. The van der Waals surface area contributed by atoms with E-state index in [0.29, 0.717) is 0 Å². The molecule has 0 saturated carbocycles. The summed E-state index contributed by atoms with van der Waals surface area (Å²) >= 11 is 0. The second kappa shape index (κ2) is 5.68. The van der Waals surface area contributed by atoms with Crippen LogP contribution in [0.15, 0.2) is 36.4 Å². The first-order valence-electron chi connectivity index (χ1n) is 4.54. The van der Waals surface area contributed by atoms with E-state index in [0.717, 1.165) is 17.5 Å². The molecule has 1 aromatic rings. The highest BCUT2D eigenvalue weighted by Gasteiger charge is 1.92. The first-order valence-corrected chi connectivity index (χ1v) is 4.54. The van der Waals surface area contributed by atoms with E-state index in [2.05, 4.69) is 17.8 Å². The van der Waals surface area contributed by atoms with Crippen LogP contribution in [0.25, 0.3) is 0 Å². The minimum atomic E-state index is 0.773. The van der Waals surface area contributed by atoms with E-state index in [-0.39, 0.29) is 0 Å². The number of terminal acetylenes is 1. The molecule has 0 bridgehead atoms. The molecule has 0 saturated heterocycles. The first kappa shape index (κ1) is 10.2. The van der Waals surface area contributed by atoms with Crippen molar-refractivity contribution in [2.75, 3.05) is 0 Å². The highest BCUT2D eigenvalue weighted by molar-refractivity contribution is 5.49. The predicted octanol–water partition coefficient (Wildman–Crippen LogP) is 2.99. The van der Waals surface area contributed by atoms with Gasteiger partial charge >= 0.3 is 0 Å². The van der Waals surface area contributed by atoms with Gasteiger partial charge in [-0.15, -0.1) is 6.42 Å². The van der Waals surface area contributed by atoms with Crippen molar-refractivity contribution in [1.29, 1.82) is 0 Å². The SMILES string of the molecule is C#Cc1ccccc1C#CC/C=C/C. The van der Waals surface area contributed by atoms with Crippen LogP contribution in [0.2, 0.25) is 0 Å². The highest BCUT2D eigenvalue weighted by Crippen LogP contribution is 2.04. The Morgan fingerprint density at radius 3 is 2.64 bits per heavy atom. The molecule has 0 spiro atoms. The Hall–Kier alpha value is -1.92. The maximum absolute atomic E-state index is 5.35. The van der Waals surface area contributed by atoms with E-state index in [1.165, 1.54) is 0 Å². The molecule has 14 heavy (non-hydrogen) atoms. The lowest BCUT2D eigenvalue weighted by Crippen LogP contribution is -1.80. The largest absolute Gasteiger partial charge is 0.115 e. The summed E-state index contributed by atoms with van der Waals surface area (Å²) in [6, 6.07) is 7.71. The number of rotatable bonds is 1. The maximum Gasteiger partial charge on any atom is 0.0401 e. The Bertz CT molecular complexity index is 419. The minimum Gasteiger partial charge on any atom is -0.115 e. The zero-order valence-electron chi connectivity index (χ0n) is 8.25. The summed E-state index contributed by atoms with van der Waals surface area (Å²) in [5.74, 6) is 8.72. The molecule has 0 nitrogen and oxygen atoms in total. The lowest BCUT2D eigenvalue weighted by Gasteiger charge is -1.93. The Labute approximate surface area is 85.7 Å². The van der Waals surface area contributed by atoms with E-state index >= 15 is 0 Å². The molecule has 0 aliphatic carbocycles. The number of hydrogen-bond donors (Lipinski definition) is 0. The van der Waals surface area contributed by atoms with Gasteiger partial charge in [-0.05, 0) is 19.1 Å². The van der Waals surface area contributed by atoms with Gasteiger partial charge in [-0.25, -0.2) is 0 Å². The van der Waals surface area contributed by atoms with Crippen LogP contribution in [0.1, 0.15) is 24.5 Å². The van der Waals surface area contributed by atoms with Crippen LogP contribution in [0.5, 0.6) is 0 Å². The van der Waals surface area contributed by atoms with E-state index in [1.54, 1.807) is 0 Å². The Morgan fingerprint density at radius 1 is 1.29 bits per heavy atom. The zero-order chi connectivity index (χ0) is 10.2. The van der Waals surface area contributed by atoms with Gasteiger partial charge in [0.1, 0.15) is 0 Å². The van der Waals surface area contributed by atoms with Crippen LogP contribution in [0, 0.1) is 24.2 Å². The topological polar surface area (TPSA) is 0 Å². The third-order valence-electron chi connectivity index (χ3n) is 1.76. The molecule has 1 rings (SSSR count). The first-order chi connectivity index (χ1) is 6.88. The van der Waals surface area contributed by atoms with Gasteiger partial charge in [-0.3, -0.25) is 0 Å². The second-order valence-corrected chi connectivity index (χ2v) is 2.76. The lowest BCUT2D eigenvalue weighted by molar-refractivity contribution is 1.44. The molecule has 0 atom stereocenters. The van der Waals surface area contributed by atoms with Crippen molar-refractivity contribution in [3.05, 3.63) is 47.5 Å². The monoisotopic (exact) mass is 180 g/mol.